The first kappa shape index (κ1) is 31.9. The van der Waals surface area contributed by atoms with Gasteiger partial charge in [0.2, 0.25) is 0 Å². The molecular formula is C51H32N4O. The number of furan rings is 1. The van der Waals surface area contributed by atoms with Gasteiger partial charge in [-0.3, -0.25) is 0 Å². The summed E-state index contributed by atoms with van der Waals surface area (Å²) in [5.41, 5.74) is 12.5. The zero-order valence-electron chi connectivity index (χ0n) is 30.2. The largest absolute Gasteiger partial charge is 0.456 e. The average molecular weight is 717 g/mol. The van der Waals surface area contributed by atoms with E-state index < -0.39 is 0 Å². The summed E-state index contributed by atoms with van der Waals surface area (Å²) < 4.78 is 8.64. The number of aromatic nitrogens is 4. The third-order valence-electron chi connectivity index (χ3n) is 10.7. The first-order valence-corrected chi connectivity index (χ1v) is 18.8. The molecule has 11 aromatic rings. The zero-order chi connectivity index (χ0) is 37.0. The number of hydrogen-bond acceptors (Lipinski definition) is 4. The fourth-order valence-electron chi connectivity index (χ4n) is 8.15. The van der Waals surface area contributed by atoms with Crippen LogP contribution < -0.4 is 0 Å². The lowest BCUT2D eigenvalue weighted by Crippen LogP contribution is -2.00. The van der Waals surface area contributed by atoms with E-state index in [-0.39, 0.29) is 0 Å². The molecular weight excluding hydrogens is 685 g/mol. The maximum absolute atomic E-state index is 6.24. The summed E-state index contributed by atoms with van der Waals surface area (Å²) in [6.07, 6.45) is 0. The molecule has 0 radical (unpaired) electrons. The topological polar surface area (TPSA) is 56.7 Å². The van der Waals surface area contributed by atoms with Crippen LogP contribution in [0, 0.1) is 0 Å². The predicted octanol–water partition coefficient (Wildman–Crippen LogP) is 13.2. The Morgan fingerprint density at radius 3 is 1.64 bits per heavy atom. The fraction of sp³-hybridized carbons (Fsp3) is 0. The van der Waals surface area contributed by atoms with Gasteiger partial charge in [-0.15, -0.1) is 0 Å². The second-order valence-electron chi connectivity index (χ2n) is 14.0. The van der Waals surface area contributed by atoms with Crippen LogP contribution >= 0.6 is 0 Å². The number of hydrogen-bond donors (Lipinski definition) is 0. The monoisotopic (exact) mass is 716 g/mol. The number of nitrogens with zero attached hydrogens (tertiary/aromatic N) is 4. The van der Waals surface area contributed by atoms with E-state index in [2.05, 4.69) is 138 Å². The number of benzene rings is 8. The highest BCUT2D eigenvalue weighted by Crippen LogP contribution is 2.41. The van der Waals surface area contributed by atoms with Gasteiger partial charge in [-0.05, 0) is 47.0 Å². The van der Waals surface area contributed by atoms with E-state index >= 15 is 0 Å². The molecule has 11 rings (SSSR count). The van der Waals surface area contributed by atoms with E-state index in [4.69, 9.17) is 19.4 Å². The summed E-state index contributed by atoms with van der Waals surface area (Å²) in [7, 11) is 0. The molecule has 5 nitrogen and oxygen atoms in total. The van der Waals surface area contributed by atoms with Crippen LogP contribution in [-0.2, 0) is 0 Å². The molecule has 0 aliphatic heterocycles. The molecule has 0 aliphatic carbocycles. The molecule has 0 bridgehead atoms. The van der Waals surface area contributed by atoms with Crippen LogP contribution in [0.4, 0.5) is 0 Å². The van der Waals surface area contributed by atoms with E-state index in [1.807, 2.05) is 60.7 Å². The van der Waals surface area contributed by atoms with Gasteiger partial charge in [-0.2, -0.15) is 0 Å². The van der Waals surface area contributed by atoms with E-state index in [0.29, 0.717) is 17.5 Å². The summed E-state index contributed by atoms with van der Waals surface area (Å²) in [6, 6.07) is 67.5. The number of fused-ring (bicyclic) bond motifs is 6. The molecule has 0 N–H and O–H groups in total. The lowest BCUT2D eigenvalue weighted by molar-refractivity contribution is 0.669. The summed E-state index contributed by atoms with van der Waals surface area (Å²) in [5, 5.41) is 4.50. The SMILES string of the molecule is c1ccc(-c2nc(-c3ccc(-c4ccccc4-n4c5ccccc5c5c(-c6ccccc6)cccc54)cc3)nc(-c3cccc4oc5ccccc5c34)n2)cc1. The Hall–Kier alpha value is -7.63. The number of para-hydroxylation sites is 3. The van der Waals surface area contributed by atoms with Crippen LogP contribution in [0.3, 0.4) is 0 Å². The van der Waals surface area contributed by atoms with Crippen molar-refractivity contribution in [3.05, 3.63) is 194 Å². The quantitative estimate of drug-likeness (QED) is 0.172. The van der Waals surface area contributed by atoms with Crippen molar-refractivity contribution < 1.29 is 4.42 Å². The average Bonchev–Trinajstić information content (AvgIpc) is 3.83. The molecule has 8 aromatic carbocycles. The third-order valence-corrected chi connectivity index (χ3v) is 10.7. The summed E-state index contributed by atoms with van der Waals surface area (Å²) in [6.45, 7) is 0. The van der Waals surface area contributed by atoms with Crippen molar-refractivity contribution in [1.82, 2.24) is 19.5 Å². The predicted molar refractivity (Wildman–Crippen MR) is 229 cm³/mol. The van der Waals surface area contributed by atoms with Gasteiger partial charge >= 0.3 is 0 Å². The van der Waals surface area contributed by atoms with Gasteiger partial charge in [-0.1, -0.05) is 164 Å². The first-order valence-electron chi connectivity index (χ1n) is 18.8. The smallest absolute Gasteiger partial charge is 0.164 e. The van der Waals surface area contributed by atoms with Crippen LogP contribution in [0.25, 0.3) is 106 Å². The second kappa shape index (κ2) is 13.0. The third kappa shape index (κ3) is 5.21. The molecule has 0 aliphatic rings. The van der Waals surface area contributed by atoms with E-state index in [1.165, 1.54) is 32.9 Å². The Labute approximate surface area is 322 Å². The van der Waals surface area contributed by atoms with E-state index in [9.17, 15) is 0 Å². The van der Waals surface area contributed by atoms with E-state index in [1.54, 1.807) is 0 Å². The summed E-state index contributed by atoms with van der Waals surface area (Å²) in [4.78, 5) is 15.2. The Balaban J connectivity index is 1.05. The molecule has 3 aromatic heterocycles. The molecule has 0 saturated carbocycles. The molecule has 3 heterocycles. The van der Waals surface area contributed by atoms with Crippen LogP contribution in [0.1, 0.15) is 0 Å². The molecule has 0 saturated heterocycles. The minimum absolute atomic E-state index is 0.599. The van der Waals surface area contributed by atoms with Crippen molar-refractivity contribution in [2.75, 3.05) is 0 Å². The van der Waals surface area contributed by atoms with Gasteiger partial charge in [0.1, 0.15) is 11.2 Å². The van der Waals surface area contributed by atoms with Crippen LogP contribution in [-0.4, -0.2) is 19.5 Å². The van der Waals surface area contributed by atoms with Gasteiger partial charge in [0.05, 0.1) is 16.7 Å². The van der Waals surface area contributed by atoms with Gasteiger partial charge in [-0.25, -0.2) is 15.0 Å². The molecule has 262 valence electrons. The molecule has 56 heavy (non-hydrogen) atoms. The summed E-state index contributed by atoms with van der Waals surface area (Å²) in [5.74, 6) is 1.82. The maximum Gasteiger partial charge on any atom is 0.164 e. The normalized spacial score (nSPS) is 11.6. The van der Waals surface area contributed by atoms with Crippen molar-refractivity contribution >= 4 is 43.7 Å². The van der Waals surface area contributed by atoms with Crippen molar-refractivity contribution in [2.24, 2.45) is 0 Å². The second-order valence-corrected chi connectivity index (χ2v) is 14.0. The van der Waals surface area contributed by atoms with Crippen LogP contribution in [0.15, 0.2) is 199 Å². The maximum atomic E-state index is 6.24. The van der Waals surface area contributed by atoms with Crippen molar-refractivity contribution in [3.63, 3.8) is 0 Å². The standard InChI is InChI=1S/C51H32N4O/c1-3-15-33(16-4-1)38-22-13-26-44-47(38)39-20-8-11-25-43(39)55(44)42-24-10-7-19-37(42)34-29-31-36(32-30-34)50-52-49(35-17-5-2-6-18-35)53-51(54-50)41-23-14-28-46-48(41)40-21-9-12-27-45(40)56-46/h1-32H. The number of rotatable bonds is 6. The molecule has 5 heteroatoms. The molecule has 0 fully saturated rings. The Kier molecular flexibility index (Phi) is 7.42. The molecule has 0 atom stereocenters. The van der Waals surface area contributed by atoms with Crippen LogP contribution in [0.2, 0.25) is 0 Å². The minimum Gasteiger partial charge on any atom is -0.456 e. The minimum atomic E-state index is 0.599. The van der Waals surface area contributed by atoms with Crippen molar-refractivity contribution in [2.45, 2.75) is 0 Å². The Bertz CT molecular complexity index is 3240. The highest BCUT2D eigenvalue weighted by Gasteiger charge is 2.20. The van der Waals surface area contributed by atoms with Crippen molar-refractivity contribution in [1.29, 1.82) is 0 Å². The van der Waals surface area contributed by atoms with Crippen LogP contribution in [0.5, 0.6) is 0 Å². The Morgan fingerprint density at radius 1 is 0.321 bits per heavy atom. The molecule has 0 spiro atoms. The fourth-order valence-corrected chi connectivity index (χ4v) is 8.15. The van der Waals surface area contributed by atoms with E-state index in [0.717, 1.165) is 55.4 Å². The first-order chi connectivity index (χ1) is 27.8. The lowest BCUT2D eigenvalue weighted by atomic mass is 9.99. The highest BCUT2D eigenvalue weighted by atomic mass is 16.3. The summed E-state index contributed by atoms with van der Waals surface area (Å²) >= 11 is 0. The van der Waals surface area contributed by atoms with Gasteiger partial charge in [0, 0.05) is 43.8 Å². The van der Waals surface area contributed by atoms with Crippen molar-refractivity contribution in [3.8, 4) is 62.1 Å². The van der Waals surface area contributed by atoms with Gasteiger partial charge < -0.3 is 8.98 Å². The zero-order valence-corrected chi connectivity index (χ0v) is 30.2. The van der Waals surface area contributed by atoms with Gasteiger partial charge in [0.15, 0.2) is 17.5 Å². The Morgan fingerprint density at radius 2 is 0.839 bits per heavy atom. The van der Waals surface area contributed by atoms with Gasteiger partial charge in [0.25, 0.3) is 0 Å². The molecule has 0 unspecified atom stereocenters. The highest BCUT2D eigenvalue weighted by molar-refractivity contribution is 6.16. The molecule has 0 amide bonds. The lowest BCUT2D eigenvalue weighted by Gasteiger charge is -2.15.